The molecule has 0 aliphatic rings. The van der Waals surface area contributed by atoms with Crippen LogP contribution in [0.2, 0.25) is 0 Å². The highest BCUT2D eigenvalue weighted by Crippen LogP contribution is 2.35. The maximum absolute atomic E-state index is 5.18. The Morgan fingerprint density at radius 3 is 2.12 bits per heavy atom. The predicted molar refractivity (Wildman–Crippen MR) is 36.1 cm³/mol. The third-order valence-corrected chi connectivity index (χ3v) is 2.20. The molecule has 0 N–H and O–H groups in total. The monoisotopic (exact) mass is 136 g/mol. The van der Waals surface area contributed by atoms with Crippen LogP contribution in [0, 0.1) is 0 Å². The average molecular weight is 136 g/mol. The van der Waals surface area contributed by atoms with Gasteiger partial charge in [0.2, 0.25) is 0 Å². The fraction of sp³-hybridized carbons (Fsp3) is 1.00. The fourth-order valence-corrected chi connectivity index (χ4v) is 1.25. The van der Waals surface area contributed by atoms with Gasteiger partial charge in [0.15, 0.2) is 8.38 Å². The summed E-state index contributed by atoms with van der Waals surface area (Å²) >= 11 is 0. The minimum Gasteiger partial charge on any atom is -0.337 e. The van der Waals surface area contributed by atoms with Crippen molar-refractivity contribution < 1.29 is 9.05 Å². The van der Waals surface area contributed by atoms with Crippen molar-refractivity contribution in [3.05, 3.63) is 0 Å². The van der Waals surface area contributed by atoms with Gasteiger partial charge in [-0.05, 0) is 6.92 Å². The summed E-state index contributed by atoms with van der Waals surface area (Å²) in [5, 5.41) is 0. The van der Waals surface area contributed by atoms with E-state index in [-0.39, 0.29) is 0 Å². The maximum Gasteiger partial charge on any atom is 0.169 e. The van der Waals surface area contributed by atoms with Gasteiger partial charge in [0, 0.05) is 13.3 Å². The third-order valence-electron chi connectivity index (χ3n) is 0.735. The van der Waals surface area contributed by atoms with Gasteiger partial charge in [0.1, 0.15) is 0 Å². The zero-order chi connectivity index (χ0) is 6.41. The van der Waals surface area contributed by atoms with Gasteiger partial charge in [-0.2, -0.15) is 0 Å². The minimum atomic E-state index is -0.556. The second-order valence-corrected chi connectivity index (χ2v) is 3.17. The van der Waals surface area contributed by atoms with Crippen molar-refractivity contribution in [2.75, 3.05) is 19.9 Å². The van der Waals surface area contributed by atoms with Crippen LogP contribution in [-0.2, 0) is 9.05 Å². The van der Waals surface area contributed by atoms with Gasteiger partial charge in [-0.1, -0.05) is 6.92 Å². The van der Waals surface area contributed by atoms with Crippen molar-refractivity contribution in [1.82, 2.24) is 0 Å². The minimum absolute atomic E-state index is 0.556. The van der Waals surface area contributed by atoms with Crippen LogP contribution >= 0.6 is 8.38 Å². The Morgan fingerprint density at radius 2 is 2.00 bits per heavy atom. The molecular weight excluding hydrogens is 123 g/mol. The van der Waals surface area contributed by atoms with Crippen LogP contribution in [0.4, 0.5) is 0 Å². The van der Waals surface area contributed by atoms with Gasteiger partial charge < -0.3 is 9.05 Å². The van der Waals surface area contributed by atoms with E-state index in [1.165, 1.54) is 0 Å². The van der Waals surface area contributed by atoms with E-state index >= 15 is 0 Å². The summed E-state index contributed by atoms with van der Waals surface area (Å²) < 4.78 is 10.2. The zero-order valence-electron chi connectivity index (χ0n) is 5.68. The molecule has 0 bridgehead atoms. The summed E-state index contributed by atoms with van der Waals surface area (Å²) in [7, 11) is 1.13. The van der Waals surface area contributed by atoms with Crippen molar-refractivity contribution in [2.24, 2.45) is 0 Å². The van der Waals surface area contributed by atoms with E-state index in [1.54, 1.807) is 7.11 Å². The van der Waals surface area contributed by atoms with Crippen LogP contribution in [0.15, 0.2) is 0 Å². The number of hydrogen-bond acceptors (Lipinski definition) is 2. The Balaban J connectivity index is 3.07. The smallest absolute Gasteiger partial charge is 0.169 e. The number of hydrogen-bond donors (Lipinski definition) is 0. The highest BCUT2D eigenvalue weighted by atomic mass is 31.2. The normalized spacial score (nSPS) is 13.9. The molecule has 1 unspecified atom stereocenters. The van der Waals surface area contributed by atoms with Crippen molar-refractivity contribution in [1.29, 1.82) is 0 Å². The molecule has 50 valence electrons. The molecule has 0 heterocycles. The molecule has 0 rings (SSSR count). The number of rotatable bonds is 4. The van der Waals surface area contributed by atoms with Gasteiger partial charge >= 0.3 is 0 Å². The van der Waals surface area contributed by atoms with Crippen LogP contribution < -0.4 is 0 Å². The Labute approximate surface area is 52.1 Å². The van der Waals surface area contributed by atoms with E-state index in [1.807, 2.05) is 6.92 Å². The summed E-state index contributed by atoms with van der Waals surface area (Å²) in [5.74, 6) is 0. The highest BCUT2D eigenvalue weighted by Gasteiger charge is 2.00. The predicted octanol–water partition coefficient (Wildman–Crippen LogP) is 2.00. The second kappa shape index (κ2) is 5.49. The van der Waals surface area contributed by atoms with Gasteiger partial charge in [0.05, 0.1) is 6.61 Å². The molecule has 1 atom stereocenters. The molecule has 0 fully saturated rings. The average Bonchev–Trinajstić information content (AvgIpc) is 1.83. The quantitative estimate of drug-likeness (QED) is 0.550. The van der Waals surface area contributed by atoms with Crippen LogP contribution in [0.3, 0.4) is 0 Å². The summed E-state index contributed by atoms with van der Waals surface area (Å²) in [6.07, 6.45) is 0.986. The Kier molecular flexibility index (Phi) is 5.73. The summed E-state index contributed by atoms with van der Waals surface area (Å²) in [5.41, 5.74) is 0. The molecule has 0 radical (unpaired) electrons. The molecule has 8 heavy (non-hydrogen) atoms. The molecule has 0 amide bonds. The molecule has 0 aliphatic carbocycles. The highest BCUT2D eigenvalue weighted by molar-refractivity contribution is 7.47. The largest absolute Gasteiger partial charge is 0.337 e. The Morgan fingerprint density at radius 1 is 1.38 bits per heavy atom. The summed E-state index contributed by atoms with van der Waals surface area (Å²) in [6.45, 7) is 4.79. The lowest BCUT2D eigenvalue weighted by atomic mass is 10.9. The molecule has 2 nitrogen and oxygen atoms in total. The molecule has 0 aliphatic heterocycles. The van der Waals surface area contributed by atoms with E-state index in [0.29, 0.717) is 0 Å². The van der Waals surface area contributed by atoms with E-state index in [4.69, 9.17) is 9.05 Å². The zero-order valence-corrected chi connectivity index (χ0v) is 6.57. The Bertz CT molecular complexity index is 45.7. The Hall–Kier alpha value is 0.350. The van der Waals surface area contributed by atoms with Crippen molar-refractivity contribution in [3.63, 3.8) is 0 Å². The van der Waals surface area contributed by atoms with Crippen LogP contribution in [0.25, 0.3) is 0 Å². The van der Waals surface area contributed by atoms with Crippen LogP contribution in [0.1, 0.15) is 13.8 Å². The molecule has 0 aromatic carbocycles. The van der Waals surface area contributed by atoms with Crippen molar-refractivity contribution in [3.8, 4) is 0 Å². The second-order valence-electron chi connectivity index (χ2n) is 1.25. The van der Waals surface area contributed by atoms with Gasteiger partial charge in [0.25, 0.3) is 0 Å². The first-order valence-corrected chi connectivity index (χ1v) is 4.16. The van der Waals surface area contributed by atoms with Crippen molar-refractivity contribution >= 4 is 8.38 Å². The van der Waals surface area contributed by atoms with Gasteiger partial charge in [-0.25, -0.2) is 0 Å². The van der Waals surface area contributed by atoms with E-state index in [0.717, 1.165) is 12.8 Å². The first-order valence-electron chi connectivity index (χ1n) is 2.79. The molecule has 0 aromatic rings. The molecule has 3 heteroatoms. The fourth-order valence-electron chi connectivity index (χ4n) is 0.417. The van der Waals surface area contributed by atoms with Gasteiger partial charge in [-0.3, -0.25) is 0 Å². The lowest BCUT2D eigenvalue weighted by Gasteiger charge is -2.09. The summed E-state index contributed by atoms with van der Waals surface area (Å²) in [6, 6.07) is 0. The van der Waals surface area contributed by atoms with E-state index in [9.17, 15) is 0 Å². The third kappa shape index (κ3) is 3.36. The van der Waals surface area contributed by atoms with E-state index in [2.05, 4.69) is 6.92 Å². The van der Waals surface area contributed by atoms with Gasteiger partial charge in [-0.15, -0.1) is 0 Å². The summed E-state index contributed by atoms with van der Waals surface area (Å²) in [4.78, 5) is 0. The van der Waals surface area contributed by atoms with Crippen LogP contribution in [0.5, 0.6) is 0 Å². The molecule has 0 aromatic heterocycles. The van der Waals surface area contributed by atoms with Crippen LogP contribution in [-0.4, -0.2) is 19.9 Å². The van der Waals surface area contributed by atoms with Crippen molar-refractivity contribution in [2.45, 2.75) is 13.8 Å². The lowest BCUT2D eigenvalue weighted by molar-refractivity contribution is 0.299. The molecule has 0 spiro atoms. The molecule has 0 saturated carbocycles. The van der Waals surface area contributed by atoms with E-state index < -0.39 is 8.38 Å². The SMILES string of the molecule is CCOP(CC)OC. The molecule has 0 saturated heterocycles. The first kappa shape index (κ1) is 8.35. The topological polar surface area (TPSA) is 18.5 Å². The first-order chi connectivity index (χ1) is 3.85. The lowest BCUT2D eigenvalue weighted by Crippen LogP contribution is -1.87. The standard InChI is InChI=1S/C5H13O2P/c1-4-7-8(5-2)6-3/h4-5H2,1-3H3. The maximum atomic E-state index is 5.18. The molecular formula is C5H13O2P.